The number of nitrogens with one attached hydrogen (secondary N) is 1. The van der Waals surface area contributed by atoms with Crippen LogP contribution in [0.2, 0.25) is 0 Å². The van der Waals surface area contributed by atoms with E-state index in [-0.39, 0.29) is 19.1 Å². The number of methoxy groups -OCH3 is 2. The van der Waals surface area contributed by atoms with Crippen LogP contribution in [0.1, 0.15) is 23.4 Å². The summed E-state index contributed by atoms with van der Waals surface area (Å²) >= 11 is 0. The predicted octanol–water partition coefficient (Wildman–Crippen LogP) is 1.22. The van der Waals surface area contributed by atoms with Crippen LogP contribution in [0.25, 0.3) is 0 Å². The summed E-state index contributed by atoms with van der Waals surface area (Å²) in [6, 6.07) is 9.24. The molecule has 0 aliphatic heterocycles. The van der Waals surface area contributed by atoms with Crippen LogP contribution in [-0.2, 0) is 27.4 Å². The van der Waals surface area contributed by atoms with Crippen LogP contribution < -0.4 is 5.32 Å². The first-order valence-corrected chi connectivity index (χ1v) is 6.40. The molecule has 1 aromatic carbocycles. The number of aromatic nitrogens is 2. The van der Waals surface area contributed by atoms with Crippen LogP contribution in [0.4, 0.5) is 0 Å². The highest BCUT2D eigenvalue weighted by Crippen LogP contribution is 2.16. The van der Waals surface area contributed by atoms with E-state index in [1.54, 1.807) is 7.11 Å². The van der Waals surface area contributed by atoms with Gasteiger partial charge in [-0.1, -0.05) is 35.5 Å². The summed E-state index contributed by atoms with van der Waals surface area (Å²) < 4.78 is 15.1. The molecule has 21 heavy (non-hydrogen) atoms. The molecule has 2 rings (SSSR count). The average Bonchev–Trinajstić information content (AvgIpc) is 2.95. The third kappa shape index (κ3) is 4.11. The molecule has 1 amide bonds. The van der Waals surface area contributed by atoms with Crippen molar-refractivity contribution in [3.05, 3.63) is 47.6 Å². The monoisotopic (exact) mass is 291 g/mol. The first-order valence-electron chi connectivity index (χ1n) is 6.40. The largest absolute Gasteiger partial charge is 0.377 e. The summed E-state index contributed by atoms with van der Waals surface area (Å²) in [6.45, 7) is 0.407. The lowest BCUT2D eigenvalue weighted by atomic mass is 10.1. The molecule has 0 unspecified atom stereocenters. The zero-order chi connectivity index (χ0) is 15.1. The number of hydrogen-bond donors (Lipinski definition) is 1. The van der Waals surface area contributed by atoms with E-state index >= 15 is 0 Å². The fourth-order valence-corrected chi connectivity index (χ4v) is 1.83. The standard InChI is InChI=1S/C14H17N3O4/c1-19-9-11-16-12(21-17-11)8-15-14(18)13(20-2)10-6-4-3-5-7-10/h3-7,13H,8-9H2,1-2H3,(H,15,18)/t13-/m0/s1. The van der Waals surface area contributed by atoms with Crippen molar-refractivity contribution >= 4 is 5.91 Å². The highest BCUT2D eigenvalue weighted by Gasteiger charge is 2.20. The Labute approximate surface area is 122 Å². The number of amides is 1. The lowest BCUT2D eigenvalue weighted by molar-refractivity contribution is -0.131. The molecule has 1 atom stereocenters. The maximum Gasteiger partial charge on any atom is 0.254 e. The minimum atomic E-state index is -0.674. The Bertz CT molecular complexity index is 571. The van der Waals surface area contributed by atoms with Gasteiger partial charge in [-0.2, -0.15) is 4.98 Å². The van der Waals surface area contributed by atoms with Gasteiger partial charge in [-0.25, -0.2) is 0 Å². The lowest BCUT2D eigenvalue weighted by Crippen LogP contribution is -2.30. The topological polar surface area (TPSA) is 86.5 Å². The molecule has 1 aromatic heterocycles. The highest BCUT2D eigenvalue weighted by molar-refractivity contribution is 5.82. The number of carbonyl (C=O) groups excluding carboxylic acids is 1. The van der Waals surface area contributed by atoms with E-state index in [9.17, 15) is 4.79 Å². The Morgan fingerprint density at radius 1 is 1.33 bits per heavy atom. The van der Waals surface area contributed by atoms with E-state index in [1.807, 2.05) is 30.3 Å². The first kappa shape index (κ1) is 15.1. The van der Waals surface area contributed by atoms with E-state index in [0.29, 0.717) is 11.7 Å². The van der Waals surface area contributed by atoms with Gasteiger partial charge in [-0.05, 0) is 5.56 Å². The molecule has 0 bridgehead atoms. The SMILES string of the molecule is COCc1noc(CNC(=O)[C@@H](OC)c2ccccc2)n1. The summed E-state index contributed by atoms with van der Waals surface area (Å²) in [6.07, 6.45) is -0.674. The van der Waals surface area contributed by atoms with Gasteiger partial charge in [0.2, 0.25) is 5.89 Å². The molecule has 2 aromatic rings. The zero-order valence-electron chi connectivity index (χ0n) is 11.9. The zero-order valence-corrected chi connectivity index (χ0v) is 11.9. The van der Waals surface area contributed by atoms with Gasteiger partial charge in [0.25, 0.3) is 5.91 Å². The molecule has 112 valence electrons. The van der Waals surface area contributed by atoms with Crippen LogP contribution in [0, 0.1) is 0 Å². The molecule has 0 radical (unpaired) electrons. The lowest BCUT2D eigenvalue weighted by Gasteiger charge is -2.14. The van der Waals surface area contributed by atoms with Gasteiger partial charge < -0.3 is 19.3 Å². The molecule has 0 aliphatic rings. The average molecular weight is 291 g/mol. The van der Waals surface area contributed by atoms with Crippen molar-refractivity contribution in [2.45, 2.75) is 19.3 Å². The van der Waals surface area contributed by atoms with Gasteiger partial charge in [-0.15, -0.1) is 0 Å². The second-order valence-corrected chi connectivity index (χ2v) is 4.28. The van der Waals surface area contributed by atoms with Gasteiger partial charge in [0.1, 0.15) is 6.61 Å². The van der Waals surface area contributed by atoms with E-state index in [1.165, 1.54) is 7.11 Å². The van der Waals surface area contributed by atoms with Crippen molar-refractivity contribution in [2.24, 2.45) is 0 Å². The maximum atomic E-state index is 12.1. The summed E-state index contributed by atoms with van der Waals surface area (Å²) in [5.74, 6) is 0.488. The van der Waals surface area contributed by atoms with Gasteiger partial charge in [0, 0.05) is 14.2 Å². The number of benzene rings is 1. The second kappa shape index (κ2) is 7.51. The summed E-state index contributed by atoms with van der Waals surface area (Å²) in [5, 5.41) is 6.42. The van der Waals surface area contributed by atoms with Gasteiger partial charge in [0.15, 0.2) is 11.9 Å². The van der Waals surface area contributed by atoms with E-state index in [0.717, 1.165) is 5.56 Å². The highest BCUT2D eigenvalue weighted by atomic mass is 16.5. The minimum absolute atomic E-state index is 0.141. The number of nitrogens with zero attached hydrogens (tertiary/aromatic N) is 2. The summed E-state index contributed by atoms with van der Waals surface area (Å²) in [5.41, 5.74) is 0.781. The molecular weight excluding hydrogens is 274 g/mol. The van der Waals surface area contributed by atoms with Crippen molar-refractivity contribution in [3.63, 3.8) is 0 Å². The molecule has 0 saturated heterocycles. The molecular formula is C14H17N3O4. The Morgan fingerprint density at radius 2 is 2.10 bits per heavy atom. The molecule has 1 heterocycles. The van der Waals surface area contributed by atoms with Crippen LogP contribution in [0.5, 0.6) is 0 Å². The molecule has 1 N–H and O–H groups in total. The molecule has 7 nitrogen and oxygen atoms in total. The predicted molar refractivity (Wildman–Crippen MR) is 73.0 cm³/mol. The van der Waals surface area contributed by atoms with Gasteiger partial charge in [-0.3, -0.25) is 4.79 Å². The molecule has 0 aliphatic carbocycles. The molecule has 7 heteroatoms. The van der Waals surface area contributed by atoms with Crippen LogP contribution in [-0.4, -0.2) is 30.3 Å². The number of hydrogen-bond acceptors (Lipinski definition) is 6. The molecule has 0 spiro atoms. The van der Waals surface area contributed by atoms with Crippen molar-refractivity contribution in [2.75, 3.05) is 14.2 Å². The first-order chi connectivity index (χ1) is 10.2. The Hall–Kier alpha value is -2.25. The third-order valence-corrected chi connectivity index (χ3v) is 2.77. The Kier molecular flexibility index (Phi) is 5.42. The van der Waals surface area contributed by atoms with E-state index < -0.39 is 6.10 Å². The van der Waals surface area contributed by atoms with Gasteiger partial charge >= 0.3 is 0 Å². The third-order valence-electron chi connectivity index (χ3n) is 2.77. The van der Waals surface area contributed by atoms with Crippen molar-refractivity contribution in [1.29, 1.82) is 0 Å². The van der Waals surface area contributed by atoms with Crippen LogP contribution >= 0.6 is 0 Å². The smallest absolute Gasteiger partial charge is 0.254 e. The van der Waals surface area contributed by atoms with Crippen molar-refractivity contribution < 1.29 is 18.8 Å². The van der Waals surface area contributed by atoms with E-state index in [2.05, 4.69) is 15.5 Å². The molecule has 0 fully saturated rings. The number of rotatable bonds is 7. The van der Waals surface area contributed by atoms with Crippen molar-refractivity contribution in [1.82, 2.24) is 15.5 Å². The second-order valence-electron chi connectivity index (χ2n) is 4.28. The number of carbonyl (C=O) groups is 1. The number of ether oxygens (including phenoxy) is 2. The normalized spacial score (nSPS) is 12.1. The summed E-state index contributed by atoms with van der Waals surface area (Å²) in [4.78, 5) is 16.2. The fourth-order valence-electron chi connectivity index (χ4n) is 1.83. The minimum Gasteiger partial charge on any atom is -0.377 e. The maximum absolute atomic E-state index is 12.1. The van der Waals surface area contributed by atoms with Crippen LogP contribution in [0.3, 0.4) is 0 Å². The quantitative estimate of drug-likeness (QED) is 0.825. The Morgan fingerprint density at radius 3 is 2.76 bits per heavy atom. The Balaban J connectivity index is 1.93. The van der Waals surface area contributed by atoms with Crippen molar-refractivity contribution in [3.8, 4) is 0 Å². The molecule has 0 saturated carbocycles. The van der Waals surface area contributed by atoms with Gasteiger partial charge in [0.05, 0.1) is 6.54 Å². The summed E-state index contributed by atoms with van der Waals surface area (Å²) in [7, 11) is 3.03. The van der Waals surface area contributed by atoms with E-state index in [4.69, 9.17) is 14.0 Å². The fraction of sp³-hybridized carbons (Fsp3) is 0.357. The van der Waals surface area contributed by atoms with Crippen LogP contribution in [0.15, 0.2) is 34.9 Å².